The first-order chi connectivity index (χ1) is 7.04. The molecule has 1 N–H and O–H groups in total. The monoisotopic (exact) mass is 225 g/mol. The number of rotatable bonds is 2. The average Bonchev–Trinajstić information content (AvgIpc) is 2.58. The fourth-order valence-corrected chi connectivity index (χ4v) is 3.13. The standard InChI is InChI=1S/C11H15NO2S/c1-3-8-7-12-9-5-4-6-10(11(8)9)15(2,13)14/h4-6,8,12H,3,7H2,1-2H3. The van der Waals surface area contributed by atoms with Gasteiger partial charge in [0, 0.05) is 24.4 Å². The molecule has 0 radical (unpaired) electrons. The molecule has 0 fully saturated rings. The van der Waals surface area contributed by atoms with Crippen LogP contribution in [0.2, 0.25) is 0 Å². The number of anilines is 1. The van der Waals surface area contributed by atoms with Gasteiger partial charge in [-0.3, -0.25) is 0 Å². The second-order valence-corrected chi connectivity index (χ2v) is 5.96. The molecule has 3 nitrogen and oxygen atoms in total. The minimum atomic E-state index is -3.11. The van der Waals surface area contributed by atoms with E-state index in [2.05, 4.69) is 12.2 Å². The van der Waals surface area contributed by atoms with Crippen molar-refractivity contribution in [3.8, 4) is 0 Å². The van der Waals surface area contributed by atoms with Gasteiger partial charge in [-0.25, -0.2) is 8.42 Å². The van der Waals surface area contributed by atoms with E-state index in [4.69, 9.17) is 0 Å². The van der Waals surface area contributed by atoms with Crippen molar-refractivity contribution in [3.05, 3.63) is 23.8 Å². The fraction of sp³-hybridized carbons (Fsp3) is 0.455. The summed E-state index contributed by atoms with van der Waals surface area (Å²) in [5, 5.41) is 3.25. The Morgan fingerprint density at radius 2 is 2.20 bits per heavy atom. The third-order valence-electron chi connectivity index (χ3n) is 2.91. The van der Waals surface area contributed by atoms with Crippen molar-refractivity contribution < 1.29 is 8.42 Å². The molecule has 0 spiro atoms. The quantitative estimate of drug-likeness (QED) is 0.837. The van der Waals surface area contributed by atoms with E-state index in [-0.39, 0.29) is 0 Å². The highest BCUT2D eigenvalue weighted by Crippen LogP contribution is 2.37. The van der Waals surface area contributed by atoms with Crippen LogP contribution in [0.3, 0.4) is 0 Å². The van der Waals surface area contributed by atoms with E-state index < -0.39 is 9.84 Å². The highest BCUT2D eigenvalue weighted by Gasteiger charge is 2.26. The van der Waals surface area contributed by atoms with E-state index in [1.807, 2.05) is 6.07 Å². The van der Waals surface area contributed by atoms with Gasteiger partial charge < -0.3 is 5.32 Å². The van der Waals surface area contributed by atoms with Crippen molar-refractivity contribution in [2.45, 2.75) is 24.2 Å². The maximum atomic E-state index is 11.6. The first-order valence-corrected chi connectivity index (χ1v) is 7.00. The van der Waals surface area contributed by atoms with Crippen molar-refractivity contribution >= 4 is 15.5 Å². The lowest BCUT2D eigenvalue weighted by atomic mass is 9.99. The summed E-state index contributed by atoms with van der Waals surface area (Å²) >= 11 is 0. The van der Waals surface area contributed by atoms with Crippen LogP contribution in [0.1, 0.15) is 24.8 Å². The van der Waals surface area contributed by atoms with Gasteiger partial charge in [-0.15, -0.1) is 0 Å². The number of nitrogens with one attached hydrogen (secondary N) is 1. The molecule has 2 rings (SSSR count). The molecule has 0 aliphatic carbocycles. The highest BCUT2D eigenvalue weighted by molar-refractivity contribution is 7.90. The van der Waals surface area contributed by atoms with Crippen molar-refractivity contribution in [1.82, 2.24) is 0 Å². The van der Waals surface area contributed by atoms with Crippen LogP contribution < -0.4 is 5.32 Å². The van der Waals surface area contributed by atoms with Gasteiger partial charge in [0.15, 0.2) is 9.84 Å². The number of hydrogen-bond donors (Lipinski definition) is 1. The van der Waals surface area contributed by atoms with Gasteiger partial charge in [-0.05, 0) is 24.1 Å². The predicted octanol–water partition coefficient (Wildman–Crippen LogP) is 2.01. The summed E-state index contributed by atoms with van der Waals surface area (Å²) in [6, 6.07) is 5.43. The van der Waals surface area contributed by atoms with Crippen LogP contribution in [0.15, 0.2) is 23.1 Å². The lowest BCUT2D eigenvalue weighted by Crippen LogP contribution is -2.05. The number of sulfone groups is 1. The van der Waals surface area contributed by atoms with E-state index in [9.17, 15) is 8.42 Å². The van der Waals surface area contributed by atoms with Crippen LogP contribution in [0, 0.1) is 0 Å². The largest absolute Gasteiger partial charge is 0.384 e. The summed E-state index contributed by atoms with van der Waals surface area (Å²) in [5.74, 6) is 0.325. The Hall–Kier alpha value is -1.03. The fourth-order valence-electron chi connectivity index (χ4n) is 2.13. The lowest BCUT2D eigenvalue weighted by molar-refractivity contribution is 0.598. The summed E-state index contributed by atoms with van der Waals surface area (Å²) in [4.78, 5) is 0.483. The van der Waals surface area contributed by atoms with Gasteiger partial charge in [0.25, 0.3) is 0 Å². The minimum absolute atomic E-state index is 0.325. The molecule has 82 valence electrons. The molecule has 0 amide bonds. The molecule has 15 heavy (non-hydrogen) atoms. The summed E-state index contributed by atoms with van der Waals surface area (Å²) in [5.41, 5.74) is 1.95. The smallest absolute Gasteiger partial charge is 0.175 e. The Kier molecular flexibility index (Phi) is 2.46. The summed E-state index contributed by atoms with van der Waals surface area (Å²) in [7, 11) is -3.11. The van der Waals surface area contributed by atoms with Gasteiger partial charge >= 0.3 is 0 Å². The molecular weight excluding hydrogens is 210 g/mol. The lowest BCUT2D eigenvalue weighted by Gasteiger charge is -2.11. The van der Waals surface area contributed by atoms with Gasteiger partial charge in [-0.1, -0.05) is 13.0 Å². The number of hydrogen-bond acceptors (Lipinski definition) is 3. The topological polar surface area (TPSA) is 46.2 Å². The second kappa shape index (κ2) is 3.52. The molecule has 1 aliphatic heterocycles. The Morgan fingerprint density at radius 1 is 1.47 bits per heavy atom. The number of benzene rings is 1. The van der Waals surface area contributed by atoms with Gasteiger partial charge in [0.05, 0.1) is 4.90 Å². The van der Waals surface area contributed by atoms with Crippen molar-refractivity contribution in [1.29, 1.82) is 0 Å². The van der Waals surface area contributed by atoms with E-state index >= 15 is 0 Å². The molecule has 1 aliphatic rings. The second-order valence-electron chi connectivity index (χ2n) is 3.98. The SMILES string of the molecule is CCC1CNc2cccc(S(C)(=O)=O)c21. The molecule has 1 heterocycles. The molecule has 0 aromatic heterocycles. The molecule has 0 bridgehead atoms. The Labute approximate surface area is 90.4 Å². The van der Waals surface area contributed by atoms with Crippen LogP contribution in [0.5, 0.6) is 0 Å². The van der Waals surface area contributed by atoms with E-state index in [0.717, 1.165) is 24.2 Å². The average molecular weight is 225 g/mol. The highest BCUT2D eigenvalue weighted by atomic mass is 32.2. The zero-order valence-electron chi connectivity index (χ0n) is 8.95. The van der Waals surface area contributed by atoms with E-state index in [1.165, 1.54) is 6.26 Å². The van der Waals surface area contributed by atoms with Crippen molar-refractivity contribution in [2.24, 2.45) is 0 Å². The van der Waals surface area contributed by atoms with Crippen LogP contribution in [0.4, 0.5) is 5.69 Å². The van der Waals surface area contributed by atoms with Gasteiger partial charge in [-0.2, -0.15) is 0 Å². The summed E-state index contributed by atoms with van der Waals surface area (Å²) in [6.07, 6.45) is 2.24. The Morgan fingerprint density at radius 3 is 2.80 bits per heavy atom. The molecule has 1 unspecified atom stereocenters. The normalized spacial score (nSPS) is 19.7. The third kappa shape index (κ3) is 1.74. The summed E-state index contributed by atoms with van der Waals surface area (Å²) < 4.78 is 23.3. The minimum Gasteiger partial charge on any atom is -0.384 e. The molecule has 1 aromatic rings. The van der Waals surface area contributed by atoms with Crippen LogP contribution in [0.25, 0.3) is 0 Å². The number of fused-ring (bicyclic) bond motifs is 1. The van der Waals surface area contributed by atoms with Crippen molar-refractivity contribution in [3.63, 3.8) is 0 Å². The van der Waals surface area contributed by atoms with E-state index in [0.29, 0.717) is 10.8 Å². The van der Waals surface area contributed by atoms with E-state index in [1.54, 1.807) is 12.1 Å². The first-order valence-electron chi connectivity index (χ1n) is 5.11. The van der Waals surface area contributed by atoms with Gasteiger partial charge in [0.1, 0.15) is 0 Å². The molecule has 1 atom stereocenters. The zero-order chi connectivity index (χ0) is 11.1. The predicted molar refractivity (Wildman–Crippen MR) is 61.1 cm³/mol. The molecule has 0 saturated heterocycles. The summed E-state index contributed by atoms with van der Waals surface area (Å²) in [6.45, 7) is 2.93. The maximum Gasteiger partial charge on any atom is 0.175 e. The van der Waals surface area contributed by atoms with Crippen LogP contribution in [-0.4, -0.2) is 21.2 Å². The molecular formula is C11H15NO2S. The van der Waals surface area contributed by atoms with Gasteiger partial charge in [0.2, 0.25) is 0 Å². The zero-order valence-corrected chi connectivity index (χ0v) is 9.76. The van der Waals surface area contributed by atoms with Crippen molar-refractivity contribution in [2.75, 3.05) is 18.1 Å². The Balaban J connectivity index is 2.64. The Bertz CT molecular complexity index is 479. The van der Waals surface area contributed by atoms with Crippen LogP contribution >= 0.6 is 0 Å². The third-order valence-corrected chi connectivity index (χ3v) is 4.06. The first kappa shape index (κ1) is 10.5. The maximum absolute atomic E-state index is 11.6. The molecule has 4 heteroatoms. The van der Waals surface area contributed by atoms with Crippen LogP contribution in [-0.2, 0) is 9.84 Å². The molecule has 0 saturated carbocycles. The molecule has 1 aromatic carbocycles.